The lowest BCUT2D eigenvalue weighted by atomic mass is 10.3. The molecule has 2 amide bonds. The van der Waals surface area contributed by atoms with Crippen LogP contribution in [0.5, 0.6) is 0 Å². The van der Waals surface area contributed by atoms with E-state index in [9.17, 15) is 4.79 Å². The second-order valence-electron chi connectivity index (χ2n) is 2.17. The van der Waals surface area contributed by atoms with Gasteiger partial charge in [-0.05, 0) is 12.1 Å². The van der Waals surface area contributed by atoms with Crippen LogP contribution in [0.2, 0.25) is 0 Å². The van der Waals surface area contributed by atoms with Crippen LogP contribution in [0.15, 0.2) is 30.3 Å². The Balaban J connectivity index is 2.95. The topological polar surface area (TPSA) is 70.2 Å². The average molecular weight is 163 g/mol. The maximum atomic E-state index is 10.7. The van der Waals surface area contributed by atoms with Crippen LogP contribution in [0.25, 0.3) is 0 Å². The van der Waals surface area contributed by atoms with Gasteiger partial charge in [-0.1, -0.05) is 18.2 Å². The van der Waals surface area contributed by atoms with E-state index in [0.29, 0.717) is 5.69 Å². The summed E-state index contributed by atoms with van der Waals surface area (Å²) >= 11 is 0. The molecule has 0 aromatic heterocycles. The summed E-state index contributed by atoms with van der Waals surface area (Å²) in [7, 11) is 0. The van der Waals surface area contributed by atoms with Crippen LogP contribution in [0, 0.1) is 5.41 Å². The van der Waals surface area contributed by atoms with Crippen molar-refractivity contribution in [2.45, 2.75) is 0 Å². The molecule has 0 fully saturated rings. The molecule has 0 radical (unpaired) electrons. The molecule has 4 heteroatoms. The molecule has 0 saturated heterocycles. The number of amides is 2. The molecule has 12 heavy (non-hydrogen) atoms. The van der Waals surface area contributed by atoms with Gasteiger partial charge in [0, 0.05) is 0 Å². The van der Waals surface area contributed by atoms with E-state index in [1.807, 2.05) is 6.07 Å². The van der Waals surface area contributed by atoms with E-state index in [-0.39, 0.29) is 0 Å². The Morgan fingerprint density at radius 2 is 2.00 bits per heavy atom. The molecule has 3 N–H and O–H groups in total. The highest BCUT2D eigenvalue weighted by atomic mass is 16.2. The molecule has 0 aliphatic rings. The second kappa shape index (κ2) is 3.52. The van der Waals surface area contributed by atoms with Gasteiger partial charge in [0.25, 0.3) is 0 Å². The molecule has 0 aliphatic carbocycles. The fourth-order valence-electron chi connectivity index (χ4n) is 0.854. The number of hydrogen-bond acceptors (Lipinski definition) is 2. The highest BCUT2D eigenvalue weighted by Crippen LogP contribution is 2.10. The van der Waals surface area contributed by atoms with Gasteiger partial charge in [0.2, 0.25) is 0 Å². The van der Waals surface area contributed by atoms with Crippen LogP contribution < -0.4 is 10.6 Å². The first kappa shape index (κ1) is 8.26. The lowest BCUT2D eigenvalue weighted by molar-refractivity contribution is 0.256. The normalized spacial score (nSPS) is 9.00. The summed E-state index contributed by atoms with van der Waals surface area (Å²) in [5.74, 6) is 0. The third-order valence-electron chi connectivity index (χ3n) is 1.40. The lowest BCUT2D eigenvalue weighted by Gasteiger charge is -2.12. The van der Waals surface area contributed by atoms with Crippen molar-refractivity contribution < 1.29 is 4.79 Å². The Hall–Kier alpha value is -1.84. The predicted molar refractivity (Wildman–Crippen MR) is 47.3 cm³/mol. The molecule has 62 valence electrons. The van der Waals surface area contributed by atoms with Crippen molar-refractivity contribution in [3.05, 3.63) is 30.3 Å². The van der Waals surface area contributed by atoms with Crippen molar-refractivity contribution in [2.24, 2.45) is 5.73 Å². The SMILES string of the molecule is N=CN(C(N)=O)c1ccccc1. The van der Waals surface area contributed by atoms with Crippen molar-refractivity contribution in [3.63, 3.8) is 0 Å². The van der Waals surface area contributed by atoms with Gasteiger partial charge in [-0.15, -0.1) is 0 Å². The minimum Gasteiger partial charge on any atom is -0.351 e. The fraction of sp³-hybridized carbons (Fsp3) is 0. The summed E-state index contributed by atoms with van der Waals surface area (Å²) in [6.07, 6.45) is 0.887. The van der Waals surface area contributed by atoms with E-state index < -0.39 is 6.03 Å². The van der Waals surface area contributed by atoms with Crippen molar-refractivity contribution in [1.29, 1.82) is 5.41 Å². The first-order valence-electron chi connectivity index (χ1n) is 3.40. The van der Waals surface area contributed by atoms with Gasteiger partial charge in [-0.2, -0.15) is 0 Å². The van der Waals surface area contributed by atoms with Crippen LogP contribution >= 0.6 is 0 Å². The van der Waals surface area contributed by atoms with Crippen molar-refractivity contribution in [2.75, 3.05) is 4.90 Å². The molecule has 0 saturated carbocycles. The second-order valence-corrected chi connectivity index (χ2v) is 2.17. The Labute approximate surface area is 70.1 Å². The number of para-hydroxylation sites is 1. The van der Waals surface area contributed by atoms with Crippen LogP contribution in [0.1, 0.15) is 0 Å². The fourth-order valence-corrected chi connectivity index (χ4v) is 0.854. The molecule has 0 unspecified atom stereocenters. The lowest BCUT2D eigenvalue weighted by Crippen LogP contribution is -2.34. The number of carbonyl (C=O) groups excluding carboxylic acids is 1. The highest BCUT2D eigenvalue weighted by molar-refractivity contribution is 6.05. The average Bonchev–Trinajstić information content (AvgIpc) is 2.07. The number of urea groups is 1. The monoisotopic (exact) mass is 163 g/mol. The number of benzene rings is 1. The Morgan fingerprint density at radius 1 is 1.42 bits per heavy atom. The number of nitrogens with two attached hydrogens (primary N) is 1. The largest absolute Gasteiger partial charge is 0.351 e. The zero-order chi connectivity index (χ0) is 8.97. The number of hydrogen-bond donors (Lipinski definition) is 2. The van der Waals surface area contributed by atoms with E-state index in [2.05, 4.69) is 0 Å². The van der Waals surface area contributed by atoms with Crippen LogP contribution in [-0.2, 0) is 0 Å². The van der Waals surface area contributed by atoms with Gasteiger partial charge in [-0.25, -0.2) is 4.79 Å². The molecule has 0 spiro atoms. The molecule has 4 nitrogen and oxygen atoms in total. The maximum Gasteiger partial charge on any atom is 0.324 e. The first-order valence-corrected chi connectivity index (χ1v) is 3.40. The number of rotatable bonds is 2. The van der Waals surface area contributed by atoms with E-state index in [1.54, 1.807) is 24.3 Å². The summed E-state index contributed by atoms with van der Waals surface area (Å²) in [4.78, 5) is 11.8. The van der Waals surface area contributed by atoms with Crippen LogP contribution in [-0.4, -0.2) is 12.4 Å². The Morgan fingerprint density at radius 3 is 2.42 bits per heavy atom. The molecule has 0 atom stereocenters. The zero-order valence-corrected chi connectivity index (χ0v) is 6.40. The maximum absolute atomic E-state index is 10.7. The summed E-state index contributed by atoms with van der Waals surface area (Å²) < 4.78 is 0. The zero-order valence-electron chi connectivity index (χ0n) is 6.40. The number of carbonyl (C=O) groups is 1. The highest BCUT2D eigenvalue weighted by Gasteiger charge is 2.06. The van der Waals surface area contributed by atoms with Gasteiger partial charge in [0.15, 0.2) is 0 Å². The molecule has 0 bridgehead atoms. The molecule has 1 aromatic rings. The van der Waals surface area contributed by atoms with Crippen LogP contribution in [0.4, 0.5) is 10.5 Å². The Kier molecular flexibility index (Phi) is 2.42. The summed E-state index contributed by atoms with van der Waals surface area (Å²) in [6, 6.07) is 8.12. The van der Waals surface area contributed by atoms with E-state index in [0.717, 1.165) is 11.2 Å². The van der Waals surface area contributed by atoms with Gasteiger partial charge in [-0.3, -0.25) is 10.3 Å². The first-order chi connectivity index (χ1) is 5.75. The number of primary amides is 1. The van der Waals surface area contributed by atoms with Crippen molar-refractivity contribution in [1.82, 2.24) is 0 Å². The number of nitrogens with one attached hydrogen (secondary N) is 1. The van der Waals surface area contributed by atoms with Gasteiger partial charge >= 0.3 is 6.03 Å². The minimum atomic E-state index is -0.656. The number of anilines is 1. The molecule has 0 aliphatic heterocycles. The van der Waals surface area contributed by atoms with Gasteiger partial charge in [0.1, 0.15) is 0 Å². The van der Waals surface area contributed by atoms with Gasteiger partial charge in [0.05, 0.1) is 12.0 Å². The third kappa shape index (κ3) is 1.60. The summed E-state index contributed by atoms with van der Waals surface area (Å²) in [6.45, 7) is 0. The molecule has 1 aromatic carbocycles. The summed E-state index contributed by atoms with van der Waals surface area (Å²) in [5, 5.41) is 6.93. The predicted octanol–water partition coefficient (Wildman–Crippen LogP) is 1.18. The molecule has 1 rings (SSSR count). The third-order valence-corrected chi connectivity index (χ3v) is 1.40. The van der Waals surface area contributed by atoms with E-state index in [1.165, 1.54) is 0 Å². The summed E-state index contributed by atoms with van der Waals surface area (Å²) in [5.41, 5.74) is 5.61. The van der Waals surface area contributed by atoms with Gasteiger partial charge < -0.3 is 5.73 Å². The molecule has 0 heterocycles. The van der Waals surface area contributed by atoms with Crippen molar-refractivity contribution >= 4 is 18.1 Å². The molecular formula is C8H9N3O. The standard InChI is InChI=1S/C8H9N3O/c9-6-11(8(10)12)7-4-2-1-3-5-7/h1-6,9H,(H2,10,12). The quantitative estimate of drug-likeness (QED) is 0.498. The smallest absolute Gasteiger partial charge is 0.324 e. The van der Waals surface area contributed by atoms with E-state index >= 15 is 0 Å². The number of nitrogens with zero attached hydrogens (tertiary/aromatic N) is 1. The van der Waals surface area contributed by atoms with Crippen LogP contribution in [0.3, 0.4) is 0 Å². The van der Waals surface area contributed by atoms with Crippen molar-refractivity contribution in [3.8, 4) is 0 Å². The Bertz CT molecular complexity index is 284. The van der Waals surface area contributed by atoms with E-state index in [4.69, 9.17) is 11.1 Å². The molecular weight excluding hydrogens is 154 g/mol. The minimum absolute atomic E-state index is 0.597.